The van der Waals surface area contributed by atoms with Gasteiger partial charge in [0, 0.05) is 11.3 Å². The highest BCUT2D eigenvalue weighted by atomic mass is 19.1. The monoisotopic (exact) mass is 291 g/mol. The third-order valence-electron chi connectivity index (χ3n) is 3.07. The number of aryl methyl sites for hydroxylation is 1. The predicted molar refractivity (Wildman–Crippen MR) is 77.9 cm³/mol. The molecule has 6 heteroatoms. The first-order chi connectivity index (χ1) is 10.0. The molecule has 0 atom stereocenters. The second-order valence-electron chi connectivity index (χ2n) is 4.46. The number of hydrogen-bond acceptors (Lipinski definition) is 3. The second-order valence-corrected chi connectivity index (χ2v) is 4.46. The number of rotatable bonds is 4. The molecule has 0 aliphatic heterocycles. The molecule has 0 radical (unpaired) electrons. The molecule has 2 rings (SSSR count). The Hall–Kier alpha value is -2.47. The quantitative estimate of drug-likeness (QED) is 0.599. The second kappa shape index (κ2) is 6.32. The number of carbonyl (C=O) groups is 1. The topological polar surface area (TPSA) is 67.2 Å². The molecular weight excluding hydrogens is 276 g/mol. The molecule has 0 unspecified atom stereocenters. The van der Waals surface area contributed by atoms with Crippen LogP contribution in [0.5, 0.6) is 0 Å². The molecule has 4 nitrogen and oxygen atoms in total. The van der Waals surface area contributed by atoms with E-state index in [0.29, 0.717) is 5.69 Å². The van der Waals surface area contributed by atoms with Gasteiger partial charge >= 0.3 is 0 Å². The molecule has 0 spiro atoms. The van der Waals surface area contributed by atoms with E-state index in [9.17, 15) is 13.6 Å². The highest BCUT2D eigenvalue weighted by Gasteiger charge is 2.14. The third kappa shape index (κ3) is 3.35. The molecule has 0 saturated heterocycles. The number of carbonyl (C=O) groups excluding carboxylic acids is 1. The summed E-state index contributed by atoms with van der Waals surface area (Å²) in [6.45, 7) is 2.02. The molecule has 4 N–H and O–H groups in total. The van der Waals surface area contributed by atoms with Gasteiger partial charge < -0.3 is 10.7 Å². The minimum atomic E-state index is -0.927. The summed E-state index contributed by atoms with van der Waals surface area (Å²) >= 11 is 0. The van der Waals surface area contributed by atoms with Crippen molar-refractivity contribution < 1.29 is 13.6 Å². The zero-order chi connectivity index (χ0) is 15.4. The van der Waals surface area contributed by atoms with Gasteiger partial charge in [-0.15, -0.1) is 0 Å². The zero-order valence-electron chi connectivity index (χ0n) is 11.4. The lowest BCUT2D eigenvalue weighted by molar-refractivity contribution is 0.102. The first-order valence-corrected chi connectivity index (χ1v) is 6.41. The summed E-state index contributed by atoms with van der Waals surface area (Å²) < 4.78 is 27.1. The van der Waals surface area contributed by atoms with Gasteiger partial charge in [-0.25, -0.2) is 8.78 Å². The molecule has 0 bridgehead atoms. The molecule has 2 aromatic carbocycles. The maximum absolute atomic E-state index is 13.5. The van der Waals surface area contributed by atoms with E-state index < -0.39 is 23.2 Å². The Morgan fingerprint density at radius 1 is 1.14 bits per heavy atom. The van der Waals surface area contributed by atoms with Crippen molar-refractivity contribution in [2.75, 3.05) is 10.7 Å². The third-order valence-corrected chi connectivity index (χ3v) is 3.07. The molecule has 0 aliphatic carbocycles. The number of amides is 1. The lowest BCUT2D eigenvalue weighted by atomic mass is 10.1. The fraction of sp³-hybridized carbons (Fsp3) is 0.133. The van der Waals surface area contributed by atoms with Crippen LogP contribution in [0.2, 0.25) is 0 Å². The highest BCUT2D eigenvalue weighted by molar-refractivity contribution is 6.04. The van der Waals surface area contributed by atoms with E-state index in [1.165, 1.54) is 0 Å². The molecule has 110 valence electrons. The van der Waals surface area contributed by atoms with Crippen LogP contribution in [0.25, 0.3) is 0 Å². The van der Waals surface area contributed by atoms with Crippen LogP contribution in [-0.4, -0.2) is 5.91 Å². The summed E-state index contributed by atoms with van der Waals surface area (Å²) in [5, 5.41) is 2.58. The molecule has 0 fully saturated rings. The van der Waals surface area contributed by atoms with Gasteiger partial charge in [-0.1, -0.05) is 19.1 Å². The van der Waals surface area contributed by atoms with Crippen molar-refractivity contribution in [2.45, 2.75) is 13.3 Å². The number of hydrogen-bond donors (Lipinski definition) is 3. The van der Waals surface area contributed by atoms with E-state index in [4.69, 9.17) is 5.84 Å². The molecule has 0 heterocycles. The normalized spacial score (nSPS) is 10.3. The summed E-state index contributed by atoms with van der Waals surface area (Å²) in [6.07, 6.45) is 0.887. The van der Waals surface area contributed by atoms with Crippen LogP contribution in [0.1, 0.15) is 22.8 Å². The maximum Gasteiger partial charge on any atom is 0.255 e. The van der Waals surface area contributed by atoms with Crippen LogP contribution in [0.4, 0.5) is 20.2 Å². The fourth-order valence-electron chi connectivity index (χ4n) is 1.87. The van der Waals surface area contributed by atoms with Gasteiger partial charge in [0.2, 0.25) is 0 Å². The number of anilines is 2. The minimum absolute atomic E-state index is 0.122. The number of halogens is 2. The van der Waals surface area contributed by atoms with Crippen molar-refractivity contribution in [1.82, 2.24) is 0 Å². The average molecular weight is 291 g/mol. The van der Waals surface area contributed by atoms with Gasteiger partial charge in [0.05, 0.1) is 0 Å². The summed E-state index contributed by atoms with van der Waals surface area (Å²) in [7, 11) is 0. The van der Waals surface area contributed by atoms with E-state index in [1.54, 1.807) is 12.1 Å². The molecule has 0 saturated carbocycles. The van der Waals surface area contributed by atoms with Gasteiger partial charge in [0.1, 0.15) is 5.69 Å². The van der Waals surface area contributed by atoms with Gasteiger partial charge in [-0.3, -0.25) is 10.6 Å². The van der Waals surface area contributed by atoms with Crippen molar-refractivity contribution >= 4 is 17.3 Å². The molecule has 0 aliphatic rings. The van der Waals surface area contributed by atoms with Gasteiger partial charge in [0.25, 0.3) is 5.91 Å². The van der Waals surface area contributed by atoms with Crippen LogP contribution in [0.15, 0.2) is 36.4 Å². The minimum Gasteiger partial charge on any atom is -0.322 e. The Kier molecular flexibility index (Phi) is 4.49. The summed E-state index contributed by atoms with van der Waals surface area (Å²) in [6, 6.07) is 9.07. The largest absolute Gasteiger partial charge is 0.322 e. The average Bonchev–Trinajstić information content (AvgIpc) is 2.47. The van der Waals surface area contributed by atoms with Gasteiger partial charge in [-0.05, 0) is 36.2 Å². The fourth-order valence-corrected chi connectivity index (χ4v) is 1.87. The van der Waals surface area contributed by atoms with E-state index in [-0.39, 0.29) is 5.56 Å². The van der Waals surface area contributed by atoms with E-state index >= 15 is 0 Å². The first-order valence-electron chi connectivity index (χ1n) is 6.41. The highest BCUT2D eigenvalue weighted by Crippen LogP contribution is 2.20. The van der Waals surface area contributed by atoms with Crippen LogP contribution in [-0.2, 0) is 6.42 Å². The van der Waals surface area contributed by atoms with Crippen molar-refractivity contribution in [1.29, 1.82) is 0 Å². The van der Waals surface area contributed by atoms with Crippen molar-refractivity contribution in [3.05, 3.63) is 59.2 Å². The van der Waals surface area contributed by atoms with E-state index in [0.717, 1.165) is 24.1 Å². The standard InChI is InChI=1S/C15H15F2N3O/c1-2-9-3-5-11(6-4-9)19-15(21)10-7-12(16)14(20-18)13(17)8-10/h3-8,20H,2,18H2,1H3,(H,19,21). The molecular formula is C15H15F2N3O. The Bertz CT molecular complexity index is 633. The SMILES string of the molecule is CCc1ccc(NC(=O)c2cc(F)c(NN)c(F)c2)cc1. The lowest BCUT2D eigenvalue weighted by Crippen LogP contribution is -2.15. The maximum atomic E-state index is 13.5. The smallest absolute Gasteiger partial charge is 0.255 e. The number of nitrogens with two attached hydrogens (primary N) is 1. The molecule has 2 aromatic rings. The Morgan fingerprint density at radius 3 is 2.19 bits per heavy atom. The molecule has 21 heavy (non-hydrogen) atoms. The van der Waals surface area contributed by atoms with Crippen LogP contribution < -0.4 is 16.6 Å². The Labute approximate surface area is 120 Å². The van der Waals surface area contributed by atoms with Crippen LogP contribution >= 0.6 is 0 Å². The van der Waals surface area contributed by atoms with Crippen LogP contribution in [0.3, 0.4) is 0 Å². The van der Waals surface area contributed by atoms with E-state index in [2.05, 4.69) is 5.32 Å². The predicted octanol–water partition coefficient (Wildman–Crippen LogP) is 3.07. The molecule has 0 aromatic heterocycles. The summed E-state index contributed by atoms with van der Waals surface area (Å²) in [5.41, 5.74) is 3.00. The number of nitrogen functional groups attached to an aromatic ring is 1. The van der Waals surface area contributed by atoms with E-state index in [1.807, 2.05) is 24.5 Å². The number of hydrazine groups is 1. The van der Waals surface area contributed by atoms with Crippen molar-refractivity contribution in [3.63, 3.8) is 0 Å². The zero-order valence-corrected chi connectivity index (χ0v) is 11.4. The molecule has 1 amide bonds. The Morgan fingerprint density at radius 2 is 1.71 bits per heavy atom. The van der Waals surface area contributed by atoms with Crippen LogP contribution in [0, 0.1) is 11.6 Å². The number of nitrogens with one attached hydrogen (secondary N) is 2. The number of benzene rings is 2. The Balaban J connectivity index is 2.20. The summed E-state index contributed by atoms with van der Waals surface area (Å²) in [5.74, 6) is 2.55. The van der Waals surface area contributed by atoms with Gasteiger partial charge in [0.15, 0.2) is 11.6 Å². The van der Waals surface area contributed by atoms with Crippen molar-refractivity contribution in [2.24, 2.45) is 5.84 Å². The lowest BCUT2D eigenvalue weighted by Gasteiger charge is -2.09. The summed E-state index contributed by atoms with van der Waals surface area (Å²) in [4.78, 5) is 12.0. The van der Waals surface area contributed by atoms with Gasteiger partial charge in [-0.2, -0.15) is 0 Å². The first kappa shape index (κ1) is 14.9. The van der Waals surface area contributed by atoms with Crippen molar-refractivity contribution in [3.8, 4) is 0 Å².